The van der Waals surface area contributed by atoms with Crippen molar-refractivity contribution in [2.75, 3.05) is 13.1 Å². The van der Waals surface area contributed by atoms with Gasteiger partial charge in [-0.25, -0.2) is 4.98 Å². The summed E-state index contributed by atoms with van der Waals surface area (Å²) in [7, 11) is 0. The van der Waals surface area contributed by atoms with Crippen LogP contribution in [0.25, 0.3) is 11.5 Å². The van der Waals surface area contributed by atoms with E-state index in [4.69, 9.17) is 4.42 Å². The molecule has 4 rings (SSSR count). The number of carbonyl (C=O) groups excluding carboxylic acids is 1. The maximum Gasteiger partial charge on any atom is 0.276 e. The van der Waals surface area contributed by atoms with Crippen LogP contribution in [0.2, 0.25) is 0 Å². The molecule has 1 fully saturated rings. The number of hydrogen-bond acceptors (Lipinski definition) is 3. The van der Waals surface area contributed by atoms with Gasteiger partial charge in [0.25, 0.3) is 5.91 Å². The number of aromatic nitrogens is 1. The molecule has 4 nitrogen and oxygen atoms in total. The molecule has 1 saturated carbocycles. The van der Waals surface area contributed by atoms with Crippen LogP contribution in [0, 0.1) is 0 Å². The molecule has 0 N–H and O–H groups in total. The molecule has 1 aromatic heterocycles. The van der Waals surface area contributed by atoms with Crippen molar-refractivity contribution >= 4 is 5.91 Å². The van der Waals surface area contributed by atoms with Crippen LogP contribution in [0.4, 0.5) is 0 Å². The van der Waals surface area contributed by atoms with E-state index in [1.165, 1.54) is 5.56 Å². The molecule has 0 spiro atoms. The van der Waals surface area contributed by atoms with Crippen LogP contribution in [0.15, 0.2) is 77.7 Å². The van der Waals surface area contributed by atoms with Crippen molar-refractivity contribution in [2.45, 2.75) is 25.2 Å². The Morgan fingerprint density at radius 2 is 1.79 bits per heavy atom. The van der Waals surface area contributed by atoms with E-state index in [2.05, 4.69) is 23.7 Å². The highest BCUT2D eigenvalue weighted by Crippen LogP contribution is 2.43. The van der Waals surface area contributed by atoms with Gasteiger partial charge in [0.15, 0.2) is 5.69 Å². The second kappa shape index (κ2) is 8.26. The normalized spacial score (nSPS) is 13.3. The number of carbonyl (C=O) groups is 1. The minimum Gasteiger partial charge on any atom is -0.440 e. The molecule has 142 valence electrons. The van der Waals surface area contributed by atoms with Crippen LogP contribution in [-0.2, 0) is 6.42 Å². The molecule has 0 saturated heterocycles. The summed E-state index contributed by atoms with van der Waals surface area (Å²) in [5.74, 6) is 1.48. The highest BCUT2D eigenvalue weighted by molar-refractivity contribution is 5.94. The first-order chi connectivity index (χ1) is 13.8. The fraction of sp³-hybridized carbons (Fsp3) is 0.250. The molecular weight excluding hydrogens is 348 g/mol. The molecular formula is C24H24N2O2. The molecule has 0 bridgehead atoms. The zero-order chi connectivity index (χ0) is 19.3. The van der Waals surface area contributed by atoms with Gasteiger partial charge >= 0.3 is 0 Å². The first-order valence-corrected chi connectivity index (χ1v) is 9.76. The zero-order valence-electron chi connectivity index (χ0n) is 15.9. The van der Waals surface area contributed by atoms with Crippen molar-refractivity contribution in [3.8, 4) is 11.5 Å². The van der Waals surface area contributed by atoms with Crippen LogP contribution >= 0.6 is 0 Å². The van der Waals surface area contributed by atoms with Gasteiger partial charge in [0.05, 0.1) is 0 Å². The summed E-state index contributed by atoms with van der Waals surface area (Å²) < 4.78 is 6.05. The Morgan fingerprint density at radius 1 is 1.11 bits per heavy atom. The average molecular weight is 372 g/mol. The van der Waals surface area contributed by atoms with Crippen LogP contribution < -0.4 is 0 Å². The quantitative estimate of drug-likeness (QED) is 0.518. The van der Waals surface area contributed by atoms with Gasteiger partial charge in [0.1, 0.15) is 5.76 Å². The molecule has 0 atom stereocenters. The van der Waals surface area contributed by atoms with Crippen molar-refractivity contribution in [1.82, 2.24) is 9.88 Å². The van der Waals surface area contributed by atoms with Gasteiger partial charge in [0, 0.05) is 24.6 Å². The van der Waals surface area contributed by atoms with Crippen LogP contribution in [-0.4, -0.2) is 28.9 Å². The predicted octanol–water partition coefficient (Wildman–Crippen LogP) is 5.09. The summed E-state index contributed by atoms with van der Waals surface area (Å²) in [6.07, 6.45) is 4.66. The second-order valence-electron chi connectivity index (χ2n) is 7.15. The lowest BCUT2D eigenvalue weighted by Gasteiger charge is -2.20. The first-order valence-electron chi connectivity index (χ1n) is 9.76. The maximum absolute atomic E-state index is 13.3. The number of hydrogen-bond donors (Lipinski definition) is 0. The van der Waals surface area contributed by atoms with Crippen molar-refractivity contribution in [3.05, 3.63) is 90.3 Å². The Kier molecular flexibility index (Phi) is 5.38. The largest absolute Gasteiger partial charge is 0.440 e. The average Bonchev–Trinajstić information content (AvgIpc) is 3.50. The van der Waals surface area contributed by atoms with Gasteiger partial charge < -0.3 is 9.32 Å². The zero-order valence-corrected chi connectivity index (χ0v) is 15.9. The molecule has 1 aliphatic carbocycles. The lowest BCUT2D eigenvalue weighted by molar-refractivity contribution is 0.0768. The van der Waals surface area contributed by atoms with Crippen molar-refractivity contribution in [1.29, 1.82) is 0 Å². The molecule has 4 heteroatoms. The number of nitrogens with zero attached hydrogens (tertiary/aromatic N) is 2. The third-order valence-corrected chi connectivity index (χ3v) is 4.97. The summed E-state index contributed by atoms with van der Waals surface area (Å²) in [4.78, 5) is 19.7. The Balaban J connectivity index is 1.59. The van der Waals surface area contributed by atoms with Crippen LogP contribution in [0.3, 0.4) is 0 Å². The summed E-state index contributed by atoms with van der Waals surface area (Å²) >= 11 is 0. The molecule has 0 radical (unpaired) electrons. The van der Waals surface area contributed by atoms with E-state index in [0.717, 1.165) is 30.6 Å². The van der Waals surface area contributed by atoms with Crippen LogP contribution in [0.1, 0.15) is 40.6 Å². The minimum atomic E-state index is -0.0799. The summed E-state index contributed by atoms with van der Waals surface area (Å²) in [5.41, 5.74) is 2.55. The van der Waals surface area contributed by atoms with Gasteiger partial charge in [-0.1, -0.05) is 54.6 Å². The van der Waals surface area contributed by atoms with E-state index in [0.29, 0.717) is 30.6 Å². The Hall–Kier alpha value is -3.14. The standard InChI is InChI=1S/C24H24N2O2/c1-2-16-26(17-15-18-9-5-3-6-10-18)24(27)21-22(19-13-14-19)28-23(25-21)20-11-7-4-8-12-20/h2-12,19H,1,13-17H2. The summed E-state index contributed by atoms with van der Waals surface area (Å²) in [6.45, 7) is 4.92. The number of benzene rings is 2. The first kappa shape index (κ1) is 18.2. The molecule has 0 aliphatic heterocycles. The molecule has 3 aromatic rings. The van der Waals surface area contributed by atoms with Crippen LogP contribution in [0.5, 0.6) is 0 Å². The summed E-state index contributed by atoms with van der Waals surface area (Å²) in [6, 6.07) is 19.9. The topological polar surface area (TPSA) is 46.3 Å². The van der Waals surface area contributed by atoms with Gasteiger partial charge in [-0.3, -0.25) is 4.79 Å². The molecule has 28 heavy (non-hydrogen) atoms. The Morgan fingerprint density at radius 3 is 2.43 bits per heavy atom. The SMILES string of the molecule is C=CCN(CCc1ccccc1)C(=O)c1nc(-c2ccccc2)oc1C1CC1. The smallest absolute Gasteiger partial charge is 0.276 e. The third-order valence-electron chi connectivity index (χ3n) is 4.97. The van der Waals surface area contributed by atoms with Crippen molar-refractivity contribution < 1.29 is 9.21 Å². The van der Waals surface area contributed by atoms with E-state index in [-0.39, 0.29) is 5.91 Å². The fourth-order valence-electron chi connectivity index (χ4n) is 3.30. The van der Waals surface area contributed by atoms with E-state index in [1.807, 2.05) is 48.5 Å². The second-order valence-corrected chi connectivity index (χ2v) is 7.15. The van der Waals surface area contributed by atoms with E-state index >= 15 is 0 Å². The van der Waals surface area contributed by atoms with Gasteiger partial charge in [-0.05, 0) is 37.0 Å². The van der Waals surface area contributed by atoms with Gasteiger partial charge in [-0.15, -0.1) is 6.58 Å². The molecule has 1 aliphatic rings. The fourth-order valence-corrected chi connectivity index (χ4v) is 3.30. The van der Waals surface area contributed by atoms with Gasteiger partial charge in [0.2, 0.25) is 5.89 Å². The third kappa shape index (κ3) is 4.06. The van der Waals surface area contributed by atoms with Gasteiger partial charge in [-0.2, -0.15) is 0 Å². The predicted molar refractivity (Wildman–Crippen MR) is 110 cm³/mol. The Bertz CT molecular complexity index is 943. The van der Waals surface area contributed by atoms with Crippen molar-refractivity contribution in [3.63, 3.8) is 0 Å². The number of amides is 1. The Labute approximate surface area is 165 Å². The molecule has 2 aromatic carbocycles. The van der Waals surface area contributed by atoms with E-state index in [9.17, 15) is 4.79 Å². The van der Waals surface area contributed by atoms with Crippen molar-refractivity contribution in [2.24, 2.45) is 0 Å². The lowest BCUT2D eigenvalue weighted by atomic mass is 10.1. The molecule has 0 unspecified atom stereocenters. The number of oxazole rings is 1. The molecule has 1 amide bonds. The van der Waals surface area contributed by atoms with E-state index in [1.54, 1.807) is 11.0 Å². The monoisotopic (exact) mass is 372 g/mol. The highest BCUT2D eigenvalue weighted by Gasteiger charge is 2.35. The highest BCUT2D eigenvalue weighted by atomic mass is 16.4. The maximum atomic E-state index is 13.3. The summed E-state index contributed by atoms with van der Waals surface area (Å²) in [5, 5.41) is 0. The lowest BCUT2D eigenvalue weighted by Crippen LogP contribution is -2.34. The molecule has 1 heterocycles. The minimum absolute atomic E-state index is 0.0799. The van der Waals surface area contributed by atoms with E-state index < -0.39 is 0 Å². The number of rotatable bonds is 8.